The SMILES string of the molecule is O=C1CCC(CNc2ncncc2I)N1. The summed E-state index contributed by atoms with van der Waals surface area (Å²) in [5, 5.41) is 6.10. The molecule has 5 nitrogen and oxygen atoms in total. The molecule has 0 radical (unpaired) electrons. The predicted octanol–water partition coefficient (Wildman–Crippen LogP) is 0.772. The van der Waals surface area contributed by atoms with Crippen molar-refractivity contribution in [3.8, 4) is 0 Å². The number of aromatic nitrogens is 2. The molecule has 0 bridgehead atoms. The van der Waals surface area contributed by atoms with Crippen molar-refractivity contribution in [3.63, 3.8) is 0 Å². The second-order valence-corrected chi connectivity index (χ2v) is 4.57. The summed E-state index contributed by atoms with van der Waals surface area (Å²) in [7, 11) is 0. The number of hydrogen-bond donors (Lipinski definition) is 2. The minimum atomic E-state index is 0.138. The molecule has 0 aliphatic carbocycles. The van der Waals surface area contributed by atoms with Gasteiger partial charge in [0, 0.05) is 25.2 Å². The molecule has 1 unspecified atom stereocenters. The van der Waals surface area contributed by atoms with Crippen LogP contribution in [-0.2, 0) is 4.79 Å². The van der Waals surface area contributed by atoms with Gasteiger partial charge in [0.05, 0.1) is 3.57 Å². The second-order valence-electron chi connectivity index (χ2n) is 3.40. The number of anilines is 1. The first kappa shape index (κ1) is 10.6. The maximum atomic E-state index is 11.0. The van der Waals surface area contributed by atoms with Crippen molar-refractivity contribution in [2.45, 2.75) is 18.9 Å². The fraction of sp³-hybridized carbons (Fsp3) is 0.444. The van der Waals surface area contributed by atoms with Gasteiger partial charge in [-0.2, -0.15) is 0 Å². The van der Waals surface area contributed by atoms with Gasteiger partial charge in [0.1, 0.15) is 12.1 Å². The minimum Gasteiger partial charge on any atom is -0.367 e. The summed E-state index contributed by atoms with van der Waals surface area (Å²) in [5.41, 5.74) is 0. The van der Waals surface area contributed by atoms with Crippen LogP contribution >= 0.6 is 22.6 Å². The number of nitrogens with one attached hydrogen (secondary N) is 2. The molecule has 2 rings (SSSR count). The lowest BCUT2D eigenvalue weighted by atomic mass is 10.2. The van der Waals surface area contributed by atoms with E-state index in [1.165, 1.54) is 6.33 Å². The molecule has 1 fully saturated rings. The van der Waals surface area contributed by atoms with Crippen molar-refractivity contribution < 1.29 is 4.79 Å². The summed E-state index contributed by atoms with van der Waals surface area (Å²) in [4.78, 5) is 19.0. The monoisotopic (exact) mass is 318 g/mol. The van der Waals surface area contributed by atoms with Gasteiger partial charge in [-0.3, -0.25) is 4.79 Å². The van der Waals surface area contributed by atoms with Crippen LogP contribution in [0.3, 0.4) is 0 Å². The van der Waals surface area contributed by atoms with Crippen LogP contribution < -0.4 is 10.6 Å². The van der Waals surface area contributed by atoms with E-state index in [0.29, 0.717) is 6.42 Å². The van der Waals surface area contributed by atoms with E-state index >= 15 is 0 Å². The second kappa shape index (κ2) is 4.73. The van der Waals surface area contributed by atoms with Gasteiger partial charge in [0.15, 0.2) is 0 Å². The third-order valence-electron chi connectivity index (χ3n) is 2.27. The Morgan fingerprint density at radius 3 is 3.20 bits per heavy atom. The van der Waals surface area contributed by atoms with Crippen LogP contribution in [0.15, 0.2) is 12.5 Å². The summed E-state index contributed by atoms with van der Waals surface area (Å²) in [6.07, 6.45) is 4.79. The molecule has 2 N–H and O–H groups in total. The molecule has 0 saturated carbocycles. The maximum absolute atomic E-state index is 11.0. The van der Waals surface area contributed by atoms with E-state index in [9.17, 15) is 4.79 Å². The van der Waals surface area contributed by atoms with Gasteiger partial charge in [-0.25, -0.2) is 9.97 Å². The topological polar surface area (TPSA) is 66.9 Å². The highest BCUT2D eigenvalue weighted by atomic mass is 127. The summed E-state index contributed by atoms with van der Waals surface area (Å²) in [5.74, 6) is 0.964. The fourth-order valence-corrected chi connectivity index (χ4v) is 1.98. The Kier molecular flexibility index (Phi) is 3.34. The van der Waals surface area contributed by atoms with Crippen LogP contribution in [0.2, 0.25) is 0 Å². The molecule has 6 heteroatoms. The quantitative estimate of drug-likeness (QED) is 0.808. The van der Waals surface area contributed by atoms with Crippen molar-refractivity contribution in [3.05, 3.63) is 16.1 Å². The fourth-order valence-electron chi connectivity index (χ4n) is 1.49. The average Bonchev–Trinajstić information content (AvgIpc) is 2.63. The van der Waals surface area contributed by atoms with E-state index in [1.807, 2.05) is 0 Å². The van der Waals surface area contributed by atoms with Gasteiger partial charge in [-0.1, -0.05) is 0 Å². The van der Waals surface area contributed by atoms with Crippen LogP contribution in [0.5, 0.6) is 0 Å². The Labute approximate surface area is 101 Å². The van der Waals surface area contributed by atoms with Gasteiger partial charge in [0.25, 0.3) is 0 Å². The zero-order valence-electron chi connectivity index (χ0n) is 8.03. The lowest BCUT2D eigenvalue weighted by Gasteiger charge is -2.12. The third-order valence-corrected chi connectivity index (χ3v) is 3.06. The first-order chi connectivity index (χ1) is 7.25. The van der Waals surface area contributed by atoms with Crippen LogP contribution in [0.4, 0.5) is 5.82 Å². The molecule has 15 heavy (non-hydrogen) atoms. The summed E-state index contributed by atoms with van der Waals surface area (Å²) < 4.78 is 0.986. The van der Waals surface area contributed by atoms with E-state index in [0.717, 1.165) is 22.4 Å². The first-order valence-electron chi connectivity index (χ1n) is 4.74. The molecular weight excluding hydrogens is 307 g/mol. The highest BCUT2D eigenvalue weighted by molar-refractivity contribution is 14.1. The third kappa shape index (κ3) is 2.77. The molecule has 0 aromatic carbocycles. The summed E-state index contributed by atoms with van der Waals surface area (Å²) in [6.45, 7) is 0.721. The number of amides is 1. The van der Waals surface area contributed by atoms with Crippen molar-refractivity contribution >= 4 is 34.3 Å². The highest BCUT2D eigenvalue weighted by Crippen LogP contribution is 2.13. The smallest absolute Gasteiger partial charge is 0.220 e. The van der Waals surface area contributed by atoms with Gasteiger partial charge in [-0.05, 0) is 29.0 Å². The van der Waals surface area contributed by atoms with Crippen molar-refractivity contribution in [2.75, 3.05) is 11.9 Å². The maximum Gasteiger partial charge on any atom is 0.220 e. The molecule has 0 spiro atoms. The number of carbonyl (C=O) groups is 1. The van der Waals surface area contributed by atoms with Crippen molar-refractivity contribution in [1.82, 2.24) is 15.3 Å². The zero-order chi connectivity index (χ0) is 10.7. The zero-order valence-corrected chi connectivity index (χ0v) is 10.2. The Bertz CT molecular complexity index is 371. The van der Waals surface area contributed by atoms with E-state index < -0.39 is 0 Å². The Morgan fingerprint density at radius 2 is 2.53 bits per heavy atom. The minimum absolute atomic E-state index is 0.138. The van der Waals surface area contributed by atoms with Crippen LogP contribution in [-0.4, -0.2) is 28.5 Å². The summed E-state index contributed by atoms with van der Waals surface area (Å²) in [6, 6.07) is 0.225. The standard InChI is InChI=1S/C9H11IN4O/c10-7-4-11-5-13-9(7)12-3-6-1-2-8(15)14-6/h4-6H,1-3H2,(H,14,15)(H,11,12,13). The molecule has 1 aliphatic rings. The number of rotatable bonds is 3. The number of halogens is 1. The van der Waals surface area contributed by atoms with Crippen molar-refractivity contribution in [2.24, 2.45) is 0 Å². The van der Waals surface area contributed by atoms with Gasteiger partial charge >= 0.3 is 0 Å². The first-order valence-corrected chi connectivity index (χ1v) is 5.82. The molecule has 1 aromatic heterocycles. The molecular formula is C9H11IN4O. The summed E-state index contributed by atoms with van der Waals surface area (Å²) >= 11 is 2.18. The number of hydrogen-bond acceptors (Lipinski definition) is 4. The van der Waals surface area contributed by atoms with E-state index in [-0.39, 0.29) is 11.9 Å². The van der Waals surface area contributed by atoms with Gasteiger partial charge in [-0.15, -0.1) is 0 Å². The molecule has 1 aromatic rings. The average molecular weight is 318 g/mol. The molecule has 2 heterocycles. The van der Waals surface area contributed by atoms with Gasteiger partial charge in [0.2, 0.25) is 5.91 Å². The molecule has 80 valence electrons. The van der Waals surface area contributed by atoms with Crippen LogP contribution in [0.25, 0.3) is 0 Å². The molecule has 1 aliphatic heterocycles. The Hall–Kier alpha value is -0.920. The predicted molar refractivity (Wildman–Crippen MR) is 64.4 cm³/mol. The molecule has 1 atom stereocenters. The normalized spacial score (nSPS) is 20.1. The molecule has 1 saturated heterocycles. The van der Waals surface area contributed by atoms with E-state index in [2.05, 4.69) is 43.2 Å². The number of carbonyl (C=O) groups excluding carboxylic acids is 1. The van der Waals surface area contributed by atoms with Crippen LogP contribution in [0, 0.1) is 3.57 Å². The lowest BCUT2D eigenvalue weighted by Crippen LogP contribution is -2.32. The Morgan fingerprint density at radius 1 is 1.67 bits per heavy atom. The largest absolute Gasteiger partial charge is 0.367 e. The number of nitrogens with zero attached hydrogens (tertiary/aromatic N) is 2. The van der Waals surface area contributed by atoms with Crippen molar-refractivity contribution in [1.29, 1.82) is 0 Å². The highest BCUT2D eigenvalue weighted by Gasteiger charge is 2.20. The molecule has 1 amide bonds. The lowest BCUT2D eigenvalue weighted by molar-refractivity contribution is -0.119. The van der Waals surface area contributed by atoms with Gasteiger partial charge < -0.3 is 10.6 Å². The van der Waals surface area contributed by atoms with E-state index in [4.69, 9.17) is 0 Å². The Balaban J connectivity index is 1.88. The van der Waals surface area contributed by atoms with Crippen LogP contribution in [0.1, 0.15) is 12.8 Å². The van der Waals surface area contributed by atoms with E-state index in [1.54, 1.807) is 6.20 Å².